The van der Waals surface area contributed by atoms with Gasteiger partial charge in [-0.3, -0.25) is 10.1 Å². The van der Waals surface area contributed by atoms with Gasteiger partial charge in [0.15, 0.2) is 11.5 Å². The lowest BCUT2D eigenvalue weighted by Gasteiger charge is -2.14. The molecular formula is C23H16BrClN2O4. The summed E-state index contributed by atoms with van der Waals surface area (Å²) < 4.78 is 12.0. The molecule has 0 saturated heterocycles. The molecule has 0 unspecified atom stereocenters. The number of methoxy groups -OCH3 is 1. The van der Waals surface area contributed by atoms with Gasteiger partial charge in [-0.15, -0.1) is 0 Å². The van der Waals surface area contributed by atoms with Gasteiger partial charge in [-0.25, -0.2) is 0 Å². The Hall–Kier alpha value is -3.34. The van der Waals surface area contributed by atoms with Gasteiger partial charge in [0.05, 0.1) is 28.1 Å². The van der Waals surface area contributed by atoms with Gasteiger partial charge in [-0.05, 0) is 75.1 Å². The zero-order chi connectivity index (χ0) is 22.4. The van der Waals surface area contributed by atoms with E-state index >= 15 is 0 Å². The van der Waals surface area contributed by atoms with Crippen molar-refractivity contribution in [2.75, 3.05) is 7.11 Å². The van der Waals surface area contributed by atoms with Crippen molar-refractivity contribution >= 4 is 44.9 Å². The van der Waals surface area contributed by atoms with Gasteiger partial charge < -0.3 is 9.47 Å². The highest BCUT2D eigenvalue weighted by Gasteiger charge is 2.13. The fraction of sp³-hybridized carbons (Fsp3) is 0.0870. The van der Waals surface area contributed by atoms with Crippen LogP contribution in [0, 0.1) is 21.4 Å². The number of nitriles is 1. The smallest absolute Gasteiger partial charge is 0.269 e. The molecule has 0 aliphatic carbocycles. The lowest BCUT2D eigenvalue weighted by atomic mass is 10.0. The molecule has 0 amide bonds. The molecule has 0 aliphatic rings. The number of benzene rings is 3. The molecular weight excluding hydrogens is 484 g/mol. The van der Waals surface area contributed by atoms with Crippen LogP contribution in [-0.4, -0.2) is 12.0 Å². The molecule has 0 radical (unpaired) electrons. The maximum absolute atomic E-state index is 10.8. The van der Waals surface area contributed by atoms with Crippen LogP contribution in [0.4, 0.5) is 5.69 Å². The first-order chi connectivity index (χ1) is 14.9. The summed E-state index contributed by atoms with van der Waals surface area (Å²) in [5.41, 5.74) is 2.70. The summed E-state index contributed by atoms with van der Waals surface area (Å²) in [5, 5.41) is 20.9. The summed E-state index contributed by atoms with van der Waals surface area (Å²) in [5.74, 6) is 0.963. The van der Waals surface area contributed by atoms with Crippen LogP contribution in [0.1, 0.15) is 16.7 Å². The number of ether oxygens (including phenoxy) is 2. The molecule has 8 heteroatoms. The van der Waals surface area contributed by atoms with Gasteiger partial charge >= 0.3 is 0 Å². The maximum Gasteiger partial charge on any atom is 0.269 e. The van der Waals surface area contributed by atoms with Crippen LogP contribution in [0.2, 0.25) is 5.02 Å². The lowest BCUT2D eigenvalue weighted by Crippen LogP contribution is -1.99. The van der Waals surface area contributed by atoms with Gasteiger partial charge in [0.25, 0.3) is 5.69 Å². The quantitative estimate of drug-likeness (QED) is 0.157. The SMILES string of the molecule is COc1cc(/C=C(/C#N)c2cccc(Cl)c2)cc(Br)c1OCc1ccc([N+](=O)[O-])cc1. The number of hydrogen-bond acceptors (Lipinski definition) is 5. The fourth-order valence-electron chi connectivity index (χ4n) is 2.84. The Labute approximate surface area is 192 Å². The van der Waals surface area contributed by atoms with E-state index in [9.17, 15) is 15.4 Å². The third-order valence-electron chi connectivity index (χ3n) is 4.35. The van der Waals surface area contributed by atoms with E-state index in [2.05, 4.69) is 22.0 Å². The van der Waals surface area contributed by atoms with Gasteiger partial charge in [0.1, 0.15) is 6.61 Å². The predicted octanol–water partition coefficient (Wildman–Crippen LogP) is 6.66. The number of rotatable bonds is 7. The number of halogens is 2. The molecule has 3 rings (SSSR count). The second-order valence-corrected chi connectivity index (χ2v) is 7.72. The van der Waals surface area contributed by atoms with E-state index in [0.717, 1.165) is 11.1 Å². The topological polar surface area (TPSA) is 85.4 Å². The highest BCUT2D eigenvalue weighted by Crippen LogP contribution is 2.38. The molecule has 3 aromatic rings. The Morgan fingerprint density at radius 1 is 1.23 bits per heavy atom. The molecule has 0 heterocycles. The van der Waals surface area contributed by atoms with E-state index in [0.29, 0.717) is 32.1 Å². The summed E-state index contributed by atoms with van der Waals surface area (Å²) in [6, 6.07) is 19.0. The third-order valence-corrected chi connectivity index (χ3v) is 5.17. The highest BCUT2D eigenvalue weighted by molar-refractivity contribution is 9.10. The fourth-order valence-corrected chi connectivity index (χ4v) is 3.60. The van der Waals surface area contributed by atoms with Crippen LogP contribution >= 0.6 is 27.5 Å². The molecule has 0 spiro atoms. The number of nitro groups is 1. The van der Waals surface area contributed by atoms with Crippen molar-refractivity contribution in [3.05, 3.63) is 97.0 Å². The zero-order valence-electron chi connectivity index (χ0n) is 16.3. The first-order valence-corrected chi connectivity index (χ1v) is 10.2. The van der Waals surface area contributed by atoms with Crippen molar-refractivity contribution in [1.82, 2.24) is 0 Å². The summed E-state index contributed by atoms with van der Waals surface area (Å²) in [6.07, 6.45) is 1.74. The van der Waals surface area contributed by atoms with Gasteiger partial charge in [0.2, 0.25) is 0 Å². The number of non-ortho nitro benzene ring substituents is 1. The third kappa shape index (κ3) is 5.63. The van der Waals surface area contributed by atoms with E-state index in [1.165, 1.54) is 19.2 Å². The Morgan fingerprint density at radius 2 is 1.97 bits per heavy atom. The Bertz CT molecular complexity index is 1190. The second-order valence-electron chi connectivity index (χ2n) is 6.43. The Morgan fingerprint density at radius 3 is 2.58 bits per heavy atom. The van der Waals surface area contributed by atoms with E-state index in [1.54, 1.807) is 42.5 Å². The van der Waals surface area contributed by atoms with Crippen LogP contribution in [0.15, 0.2) is 65.1 Å². The van der Waals surface area contributed by atoms with E-state index in [1.807, 2.05) is 12.1 Å². The molecule has 156 valence electrons. The van der Waals surface area contributed by atoms with Crippen molar-refractivity contribution in [1.29, 1.82) is 5.26 Å². The average molecular weight is 500 g/mol. The Kier molecular flexibility index (Phi) is 7.29. The number of allylic oxidation sites excluding steroid dienone is 1. The first kappa shape index (κ1) is 22.3. The van der Waals surface area contributed by atoms with Crippen LogP contribution < -0.4 is 9.47 Å². The average Bonchev–Trinajstić information content (AvgIpc) is 2.76. The molecule has 3 aromatic carbocycles. The van der Waals surface area contributed by atoms with Crippen LogP contribution in [0.25, 0.3) is 11.6 Å². The summed E-state index contributed by atoms with van der Waals surface area (Å²) in [6.45, 7) is 0.202. The monoisotopic (exact) mass is 498 g/mol. The molecule has 0 atom stereocenters. The largest absolute Gasteiger partial charge is 0.493 e. The molecule has 0 saturated carbocycles. The van der Waals surface area contributed by atoms with Crippen molar-refractivity contribution in [3.63, 3.8) is 0 Å². The van der Waals surface area contributed by atoms with Crippen LogP contribution in [0.3, 0.4) is 0 Å². The van der Waals surface area contributed by atoms with E-state index < -0.39 is 4.92 Å². The van der Waals surface area contributed by atoms with Crippen molar-refractivity contribution in [2.45, 2.75) is 6.61 Å². The highest BCUT2D eigenvalue weighted by atomic mass is 79.9. The van der Waals surface area contributed by atoms with E-state index in [-0.39, 0.29) is 12.3 Å². The molecule has 6 nitrogen and oxygen atoms in total. The lowest BCUT2D eigenvalue weighted by molar-refractivity contribution is -0.384. The predicted molar refractivity (Wildman–Crippen MR) is 123 cm³/mol. The standard InChI is InChI=1S/C23H16BrClN2O4/c1-30-22-11-16(9-18(13-26)17-3-2-4-19(25)12-17)10-21(24)23(22)31-14-15-5-7-20(8-6-15)27(28)29/h2-12H,14H2,1H3/b18-9-. The summed E-state index contributed by atoms with van der Waals surface area (Å²) in [7, 11) is 1.52. The molecule has 0 fully saturated rings. The molecule has 0 aromatic heterocycles. The minimum absolute atomic E-state index is 0.0200. The van der Waals surface area contributed by atoms with Crippen molar-refractivity contribution in [3.8, 4) is 17.6 Å². The van der Waals surface area contributed by atoms with Gasteiger partial charge in [-0.2, -0.15) is 5.26 Å². The Balaban J connectivity index is 1.86. The maximum atomic E-state index is 10.8. The number of nitrogens with zero attached hydrogens (tertiary/aromatic N) is 2. The second kappa shape index (κ2) is 10.1. The minimum atomic E-state index is -0.449. The van der Waals surface area contributed by atoms with Crippen molar-refractivity contribution in [2.24, 2.45) is 0 Å². The molecule has 0 aliphatic heterocycles. The van der Waals surface area contributed by atoms with Crippen LogP contribution in [-0.2, 0) is 6.61 Å². The summed E-state index contributed by atoms with van der Waals surface area (Å²) >= 11 is 9.53. The number of nitro benzene ring substituents is 1. The number of hydrogen-bond donors (Lipinski definition) is 0. The first-order valence-electron chi connectivity index (χ1n) is 9.02. The summed E-state index contributed by atoms with van der Waals surface area (Å²) in [4.78, 5) is 10.3. The van der Waals surface area contributed by atoms with Crippen molar-refractivity contribution < 1.29 is 14.4 Å². The molecule has 31 heavy (non-hydrogen) atoms. The van der Waals surface area contributed by atoms with Gasteiger partial charge in [0, 0.05) is 17.2 Å². The zero-order valence-corrected chi connectivity index (χ0v) is 18.7. The molecule has 0 bridgehead atoms. The normalized spacial score (nSPS) is 11.0. The van der Waals surface area contributed by atoms with E-state index in [4.69, 9.17) is 21.1 Å². The minimum Gasteiger partial charge on any atom is -0.493 e. The van der Waals surface area contributed by atoms with Gasteiger partial charge in [-0.1, -0.05) is 23.7 Å². The van der Waals surface area contributed by atoms with Crippen LogP contribution in [0.5, 0.6) is 11.5 Å². The molecule has 0 N–H and O–H groups in total.